The van der Waals surface area contributed by atoms with E-state index in [4.69, 9.17) is 9.47 Å². The summed E-state index contributed by atoms with van der Waals surface area (Å²) in [5.41, 5.74) is 1.67. The van der Waals surface area contributed by atoms with E-state index in [0.29, 0.717) is 11.5 Å². The zero-order valence-corrected chi connectivity index (χ0v) is 26.1. The van der Waals surface area contributed by atoms with E-state index in [1.807, 2.05) is 36.4 Å². The molecule has 0 fully saturated rings. The molecule has 0 aliphatic rings. The van der Waals surface area contributed by atoms with Gasteiger partial charge in [0, 0.05) is 37.8 Å². The van der Waals surface area contributed by atoms with Crippen molar-refractivity contribution in [3.05, 3.63) is 59.7 Å². The summed E-state index contributed by atoms with van der Waals surface area (Å²) in [7, 11) is 0. The summed E-state index contributed by atoms with van der Waals surface area (Å²) in [6.45, 7) is 7.25. The number of hydrogen-bond acceptors (Lipinski definition) is 5. The lowest BCUT2D eigenvalue weighted by Gasteiger charge is -2.20. The third-order valence-corrected chi connectivity index (χ3v) is 7.75. The first-order valence-corrected chi connectivity index (χ1v) is 16.1. The van der Waals surface area contributed by atoms with E-state index in [9.17, 15) is 9.59 Å². The quantitative estimate of drug-likeness (QED) is 0.0864. The predicted molar refractivity (Wildman–Crippen MR) is 171 cm³/mol. The Kier molecular flexibility index (Phi) is 17.2. The molecule has 0 spiro atoms. The summed E-state index contributed by atoms with van der Waals surface area (Å²) in [5, 5.41) is -0.592. The summed E-state index contributed by atoms with van der Waals surface area (Å²) in [6.07, 6.45) is 13.5. The van der Waals surface area contributed by atoms with Crippen molar-refractivity contribution in [3.8, 4) is 35.2 Å². The Morgan fingerprint density at radius 1 is 0.634 bits per heavy atom. The van der Waals surface area contributed by atoms with E-state index in [1.54, 1.807) is 23.9 Å². The van der Waals surface area contributed by atoms with Gasteiger partial charge in [-0.05, 0) is 25.0 Å². The van der Waals surface area contributed by atoms with E-state index < -0.39 is 0 Å². The molecule has 0 saturated heterocycles. The van der Waals surface area contributed by atoms with Gasteiger partial charge in [-0.3, -0.25) is 9.59 Å². The van der Waals surface area contributed by atoms with Crippen LogP contribution in [0.5, 0.6) is 11.5 Å². The van der Waals surface area contributed by atoms with Gasteiger partial charge < -0.3 is 9.47 Å². The van der Waals surface area contributed by atoms with Gasteiger partial charge in [0.05, 0.1) is 10.5 Å². The number of unbranched alkanes of at least 4 members (excludes halogenated alkanes) is 10. The Morgan fingerprint density at radius 3 is 1.41 bits per heavy atom. The Hall–Kier alpha value is -3.15. The van der Waals surface area contributed by atoms with Crippen LogP contribution in [0.1, 0.15) is 126 Å². The molecule has 0 aliphatic heterocycles. The van der Waals surface area contributed by atoms with Crippen molar-refractivity contribution in [1.29, 1.82) is 0 Å². The maximum absolute atomic E-state index is 11.9. The van der Waals surface area contributed by atoms with E-state index >= 15 is 0 Å². The van der Waals surface area contributed by atoms with Gasteiger partial charge in [0.2, 0.25) is 0 Å². The maximum atomic E-state index is 11.9. The van der Waals surface area contributed by atoms with Gasteiger partial charge in [0.1, 0.15) is 11.5 Å². The first-order chi connectivity index (χ1) is 20.0. The van der Waals surface area contributed by atoms with Gasteiger partial charge in [-0.1, -0.05) is 113 Å². The zero-order valence-electron chi connectivity index (χ0n) is 25.3. The molecule has 2 aromatic rings. The van der Waals surface area contributed by atoms with Crippen LogP contribution in [-0.4, -0.2) is 11.9 Å². The third-order valence-electron chi connectivity index (χ3n) is 6.46. The normalized spacial score (nSPS) is 11.8. The number of ether oxygens (including phenoxy) is 2. The second-order valence-electron chi connectivity index (χ2n) is 10.1. The van der Waals surface area contributed by atoms with Crippen LogP contribution in [0.15, 0.2) is 48.5 Å². The molecule has 0 heterocycles. The molecule has 0 bridgehead atoms. The maximum Gasteiger partial charge on any atom is 0.308 e. The van der Waals surface area contributed by atoms with Gasteiger partial charge in [-0.15, -0.1) is 23.6 Å². The molecule has 0 N–H and O–H groups in total. The predicted octanol–water partition coefficient (Wildman–Crippen LogP) is 9.78. The van der Waals surface area contributed by atoms with Crippen LogP contribution < -0.4 is 9.47 Å². The van der Waals surface area contributed by atoms with Crippen molar-refractivity contribution in [2.75, 3.05) is 0 Å². The summed E-state index contributed by atoms with van der Waals surface area (Å²) < 4.78 is 11.2. The van der Waals surface area contributed by atoms with Gasteiger partial charge in [0.25, 0.3) is 0 Å². The average Bonchev–Trinajstić information content (AvgIpc) is 2.95. The highest BCUT2D eigenvalue weighted by Crippen LogP contribution is 2.45. The highest BCUT2D eigenvalue weighted by atomic mass is 32.2. The molecule has 2 unspecified atom stereocenters. The van der Waals surface area contributed by atoms with Crippen LogP contribution in [0.3, 0.4) is 0 Å². The molecule has 2 rings (SSSR count). The standard InChI is InChI=1S/C36H46O4S/c1-5-7-9-11-13-15-17-27-35(31-23-19-21-25-33(31)39-29(3)37)41-36(28-18-16-14-12-10-8-6-2)32-24-20-22-26-34(32)40-30(4)38/h19-26,35-36H,5-16H2,1-4H3. The van der Waals surface area contributed by atoms with Crippen LogP contribution in [0.25, 0.3) is 0 Å². The molecule has 2 atom stereocenters. The van der Waals surface area contributed by atoms with Crippen molar-refractivity contribution >= 4 is 23.7 Å². The minimum absolute atomic E-state index is 0.296. The Bertz CT molecular complexity index is 1100. The molecule has 220 valence electrons. The van der Waals surface area contributed by atoms with Crippen LogP contribution >= 0.6 is 11.8 Å². The van der Waals surface area contributed by atoms with E-state index in [-0.39, 0.29) is 22.4 Å². The van der Waals surface area contributed by atoms with Crippen LogP contribution in [-0.2, 0) is 9.59 Å². The van der Waals surface area contributed by atoms with Gasteiger partial charge in [-0.2, -0.15) is 0 Å². The highest BCUT2D eigenvalue weighted by Gasteiger charge is 2.24. The minimum Gasteiger partial charge on any atom is -0.426 e. The summed E-state index contributed by atoms with van der Waals surface area (Å²) in [6, 6.07) is 15.1. The van der Waals surface area contributed by atoms with Crippen LogP contribution in [0.2, 0.25) is 0 Å². The number of rotatable bonds is 16. The summed E-state index contributed by atoms with van der Waals surface area (Å²) in [5.74, 6) is 14.0. The Labute approximate surface area is 252 Å². The van der Waals surface area contributed by atoms with Crippen molar-refractivity contribution in [1.82, 2.24) is 0 Å². The number of thioether (sulfide) groups is 1. The monoisotopic (exact) mass is 574 g/mol. The highest BCUT2D eigenvalue weighted by molar-refractivity contribution is 8.00. The minimum atomic E-state index is -0.371. The first kappa shape index (κ1) is 34.1. The second-order valence-corrected chi connectivity index (χ2v) is 11.3. The molecule has 0 aromatic heterocycles. The van der Waals surface area contributed by atoms with Crippen molar-refractivity contribution in [2.45, 2.75) is 115 Å². The van der Waals surface area contributed by atoms with Gasteiger partial charge >= 0.3 is 11.9 Å². The lowest BCUT2D eigenvalue weighted by atomic mass is 10.1. The summed E-state index contributed by atoms with van der Waals surface area (Å²) >= 11 is 1.59. The number of esters is 2. The molecule has 5 heteroatoms. The molecule has 0 saturated carbocycles. The lowest BCUT2D eigenvalue weighted by Crippen LogP contribution is -2.08. The first-order valence-electron chi connectivity index (χ1n) is 15.1. The van der Waals surface area contributed by atoms with E-state index in [1.165, 1.54) is 65.2 Å². The van der Waals surface area contributed by atoms with Gasteiger partial charge in [-0.25, -0.2) is 0 Å². The fraction of sp³-hybridized carbons (Fsp3) is 0.500. The molecular weight excluding hydrogens is 528 g/mol. The number of carbonyl (C=O) groups excluding carboxylic acids is 2. The summed E-state index contributed by atoms with van der Waals surface area (Å²) in [4.78, 5) is 23.8. The molecule has 41 heavy (non-hydrogen) atoms. The number of benzene rings is 2. The largest absolute Gasteiger partial charge is 0.426 e. The van der Waals surface area contributed by atoms with Crippen molar-refractivity contribution < 1.29 is 19.1 Å². The van der Waals surface area contributed by atoms with Crippen molar-refractivity contribution in [2.24, 2.45) is 0 Å². The van der Waals surface area contributed by atoms with E-state index in [0.717, 1.165) is 36.8 Å². The molecule has 0 amide bonds. The fourth-order valence-electron chi connectivity index (χ4n) is 4.36. The molecule has 4 nitrogen and oxygen atoms in total. The molecule has 2 aromatic carbocycles. The molecule has 0 radical (unpaired) electrons. The van der Waals surface area contributed by atoms with Gasteiger partial charge in [0.15, 0.2) is 0 Å². The molecule has 0 aliphatic carbocycles. The molecular formula is C36H46O4S. The van der Waals surface area contributed by atoms with Crippen molar-refractivity contribution in [3.63, 3.8) is 0 Å². The average molecular weight is 575 g/mol. The Morgan fingerprint density at radius 2 is 1.02 bits per heavy atom. The number of hydrogen-bond donors (Lipinski definition) is 0. The number of carbonyl (C=O) groups is 2. The van der Waals surface area contributed by atoms with Crippen LogP contribution in [0, 0.1) is 23.7 Å². The number of para-hydroxylation sites is 2. The topological polar surface area (TPSA) is 52.6 Å². The lowest BCUT2D eigenvalue weighted by molar-refractivity contribution is -0.132. The zero-order chi connectivity index (χ0) is 29.7. The Balaban J connectivity index is 2.42. The fourth-order valence-corrected chi connectivity index (χ4v) is 5.62. The van der Waals surface area contributed by atoms with E-state index in [2.05, 4.69) is 37.5 Å². The SMILES string of the molecule is CCCCCCCC#CC(SC(C#CCCCCCCC)c1ccccc1OC(C)=O)c1ccccc1OC(C)=O. The van der Waals surface area contributed by atoms with Crippen LogP contribution in [0.4, 0.5) is 0 Å². The second kappa shape index (κ2) is 20.7. The smallest absolute Gasteiger partial charge is 0.308 e. The third kappa shape index (κ3) is 13.8.